The third-order valence-corrected chi connectivity index (χ3v) is 6.10. The summed E-state index contributed by atoms with van der Waals surface area (Å²) in [6.45, 7) is 0. The number of rotatable bonds is 4. The summed E-state index contributed by atoms with van der Waals surface area (Å²) in [5.74, 6) is 0.109. The fourth-order valence-electron chi connectivity index (χ4n) is 2.94. The molecule has 2 saturated carbocycles. The Morgan fingerprint density at radius 2 is 1.89 bits per heavy atom. The minimum Gasteiger partial charge on any atom is -0.391 e. The van der Waals surface area contributed by atoms with Crippen molar-refractivity contribution in [3.63, 3.8) is 0 Å². The molecule has 104 valence electrons. The Balaban J connectivity index is 1.67. The first-order valence-corrected chi connectivity index (χ1v) is 8.37. The lowest BCUT2D eigenvalue weighted by Crippen LogP contribution is -2.41. The SMILES string of the molecule is O=S(=O)(N[C@@H]1CCC[C@H]1O)[C@@H]1C[C@H]1c1ccccc1. The molecule has 0 unspecified atom stereocenters. The van der Waals surface area contributed by atoms with Crippen LogP contribution in [0, 0.1) is 0 Å². The predicted octanol–water partition coefficient (Wildman–Crippen LogP) is 1.38. The number of aliphatic hydroxyl groups excluding tert-OH is 1. The van der Waals surface area contributed by atoms with Crippen LogP contribution in [-0.4, -0.2) is 30.9 Å². The number of aliphatic hydroxyl groups is 1. The fraction of sp³-hybridized carbons (Fsp3) is 0.571. The lowest BCUT2D eigenvalue weighted by molar-refractivity contribution is 0.159. The van der Waals surface area contributed by atoms with E-state index in [-0.39, 0.29) is 17.2 Å². The van der Waals surface area contributed by atoms with Gasteiger partial charge in [-0.1, -0.05) is 30.3 Å². The van der Waals surface area contributed by atoms with Crippen LogP contribution in [0.15, 0.2) is 30.3 Å². The summed E-state index contributed by atoms with van der Waals surface area (Å²) < 4.78 is 27.2. The molecule has 0 amide bonds. The molecule has 2 fully saturated rings. The summed E-state index contributed by atoms with van der Waals surface area (Å²) in [7, 11) is -3.31. The molecule has 0 aromatic heterocycles. The van der Waals surface area contributed by atoms with Crippen molar-refractivity contribution in [1.82, 2.24) is 4.72 Å². The van der Waals surface area contributed by atoms with Gasteiger partial charge in [0.15, 0.2) is 0 Å². The second kappa shape index (κ2) is 4.89. The normalized spacial score (nSPS) is 34.4. The monoisotopic (exact) mass is 281 g/mol. The van der Waals surface area contributed by atoms with Crippen molar-refractivity contribution in [2.45, 2.75) is 49.0 Å². The van der Waals surface area contributed by atoms with Crippen LogP contribution in [0.1, 0.15) is 37.2 Å². The van der Waals surface area contributed by atoms with Crippen molar-refractivity contribution in [3.8, 4) is 0 Å². The summed E-state index contributed by atoms with van der Waals surface area (Å²) in [5.41, 5.74) is 1.09. The molecule has 2 aliphatic rings. The van der Waals surface area contributed by atoms with Crippen molar-refractivity contribution >= 4 is 10.0 Å². The van der Waals surface area contributed by atoms with Gasteiger partial charge in [-0.3, -0.25) is 0 Å². The van der Waals surface area contributed by atoms with Crippen molar-refractivity contribution in [2.24, 2.45) is 0 Å². The summed E-state index contributed by atoms with van der Waals surface area (Å²) in [6, 6.07) is 9.47. The molecule has 0 bridgehead atoms. The highest BCUT2D eigenvalue weighted by Crippen LogP contribution is 2.45. The number of benzene rings is 1. The van der Waals surface area contributed by atoms with Gasteiger partial charge in [-0.2, -0.15) is 0 Å². The van der Waals surface area contributed by atoms with Crippen molar-refractivity contribution in [2.75, 3.05) is 0 Å². The first-order valence-electron chi connectivity index (χ1n) is 6.82. The van der Waals surface area contributed by atoms with Gasteiger partial charge in [0, 0.05) is 12.0 Å². The van der Waals surface area contributed by atoms with Crippen LogP contribution in [-0.2, 0) is 10.0 Å². The highest BCUT2D eigenvalue weighted by molar-refractivity contribution is 7.90. The lowest BCUT2D eigenvalue weighted by Gasteiger charge is -2.16. The summed E-state index contributed by atoms with van der Waals surface area (Å²) in [5, 5.41) is 9.38. The van der Waals surface area contributed by atoms with E-state index < -0.39 is 16.1 Å². The molecule has 3 rings (SSSR count). The highest BCUT2D eigenvalue weighted by atomic mass is 32.2. The zero-order valence-corrected chi connectivity index (χ0v) is 11.5. The van der Waals surface area contributed by atoms with Crippen molar-refractivity contribution < 1.29 is 13.5 Å². The van der Waals surface area contributed by atoms with Gasteiger partial charge < -0.3 is 5.11 Å². The number of sulfonamides is 1. The molecule has 2 aliphatic carbocycles. The molecule has 0 heterocycles. The molecule has 0 saturated heterocycles. The number of hydrogen-bond donors (Lipinski definition) is 2. The number of hydrogen-bond acceptors (Lipinski definition) is 3. The molecule has 1 aromatic carbocycles. The van der Waals surface area contributed by atoms with Gasteiger partial charge >= 0.3 is 0 Å². The van der Waals surface area contributed by atoms with Crippen LogP contribution in [0.4, 0.5) is 0 Å². The van der Waals surface area contributed by atoms with Crippen LogP contribution >= 0.6 is 0 Å². The van der Waals surface area contributed by atoms with Crippen LogP contribution < -0.4 is 4.72 Å². The van der Waals surface area contributed by atoms with E-state index >= 15 is 0 Å². The Kier molecular flexibility index (Phi) is 3.37. The van der Waals surface area contributed by atoms with E-state index in [1.807, 2.05) is 30.3 Å². The molecule has 0 radical (unpaired) electrons. The third-order valence-electron chi connectivity index (χ3n) is 4.15. The zero-order chi connectivity index (χ0) is 13.5. The first kappa shape index (κ1) is 13.1. The Morgan fingerprint density at radius 1 is 1.16 bits per heavy atom. The minimum absolute atomic E-state index is 0.109. The first-order chi connectivity index (χ1) is 9.08. The molecule has 5 heteroatoms. The average molecular weight is 281 g/mol. The van der Waals surface area contributed by atoms with E-state index in [2.05, 4.69) is 4.72 Å². The molecule has 1 aromatic rings. The van der Waals surface area contributed by atoms with Crippen molar-refractivity contribution in [3.05, 3.63) is 35.9 Å². The van der Waals surface area contributed by atoms with Gasteiger partial charge in [-0.05, 0) is 31.2 Å². The molecular formula is C14H19NO3S. The van der Waals surface area contributed by atoms with E-state index in [1.165, 1.54) is 0 Å². The van der Waals surface area contributed by atoms with Gasteiger partial charge in [0.05, 0.1) is 11.4 Å². The van der Waals surface area contributed by atoms with Crippen LogP contribution in [0.3, 0.4) is 0 Å². The Hall–Kier alpha value is -0.910. The van der Waals surface area contributed by atoms with Gasteiger partial charge in [-0.15, -0.1) is 0 Å². The Bertz CT molecular complexity index is 543. The smallest absolute Gasteiger partial charge is 0.215 e. The molecular weight excluding hydrogens is 262 g/mol. The molecule has 0 aliphatic heterocycles. The standard InChI is InChI=1S/C14H19NO3S/c16-13-8-4-7-12(13)15-19(17,18)14-9-11(14)10-5-2-1-3-6-10/h1-3,5-6,11-16H,4,7-9H2/t11-,12+,13+,14+/m0/s1. The summed E-state index contributed by atoms with van der Waals surface area (Å²) >= 11 is 0. The van der Waals surface area contributed by atoms with Gasteiger partial charge in [0.2, 0.25) is 10.0 Å². The van der Waals surface area contributed by atoms with E-state index in [9.17, 15) is 13.5 Å². The molecule has 2 N–H and O–H groups in total. The maximum absolute atomic E-state index is 12.3. The third kappa shape index (κ3) is 2.68. The lowest BCUT2D eigenvalue weighted by atomic mass is 10.1. The minimum atomic E-state index is -3.31. The predicted molar refractivity (Wildman–Crippen MR) is 73.3 cm³/mol. The molecule has 4 nitrogen and oxygen atoms in total. The highest BCUT2D eigenvalue weighted by Gasteiger charge is 2.49. The van der Waals surface area contributed by atoms with Crippen LogP contribution in [0.25, 0.3) is 0 Å². The Morgan fingerprint density at radius 3 is 2.53 bits per heavy atom. The van der Waals surface area contributed by atoms with E-state index in [0.717, 1.165) is 18.4 Å². The van der Waals surface area contributed by atoms with Crippen molar-refractivity contribution in [1.29, 1.82) is 0 Å². The Labute approximate surface area is 113 Å². The van der Waals surface area contributed by atoms with Gasteiger partial charge in [0.25, 0.3) is 0 Å². The summed E-state index contributed by atoms with van der Waals surface area (Å²) in [4.78, 5) is 0. The van der Waals surface area contributed by atoms with E-state index in [4.69, 9.17) is 0 Å². The number of nitrogens with one attached hydrogen (secondary N) is 1. The van der Waals surface area contributed by atoms with E-state index in [0.29, 0.717) is 12.8 Å². The maximum atomic E-state index is 12.3. The fourth-order valence-corrected chi connectivity index (χ4v) is 4.86. The molecule has 0 spiro atoms. The van der Waals surface area contributed by atoms with Gasteiger partial charge in [0.1, 0.15) is 0 Å². The zero-order valence-electron chi connectivity index (χ0n) is 10.7. The van der Waals surface area contributed by atoms with Gasteiger partial charge in [-0.25, -0.2) is 13.1 Å². The van der Waals surface area contributed by atoms with E-state index in [1.54, 1.807) is 0 Å². The van der Waals surface area contributed by atoms with Crippen LogP contribution in [0.5, 0.6) is 0 Å². The maximum Gasteiger partial charge on any atom is 0.215 e. The molecule has 4 atom stereocenters. The second-order valence-corrected chi connectivity index (χ2v) is 7.49. The largest absolute Gasteiger partial charge is 0.391 e. The summed E-state index contributed by atoms with van der Waals surface area (Å²) in [6.07, 6.45) is 2.48. The average Bonchev–Trinajstić information content (AvgIpc) is 3.12. The molecule has 19 heavy (non-hydrogen) atoms. The van der Waals surface area contributed by atoms with Crippen LogP contribution in [0.2, 0.25) is 0 Å². The topological polar surface area (TPSA) is 66.4 Å². The second-order valence-electron chi connectivity index (χ2n) is 5.56. The quantitative estimate of drug-likeness (QED) is 0.876.